The van der Waals surface area contributed by atoms with Crippen LogP contribution in [0.1, 0.15) is 40.8 Å². The van der Waals surface area contributed by atoms with E-state index in [-0.39, 0.29) is 5.91 Å². The van der Waals surface area contributed by atoms with Crippen molar-refractivity contribution < 1.29 is 4.79 Å². The van der Waals surface area contributed by atoms with Gasteiger partial charge in [0.15, 0.2) is 5.69 Å². The number of thiazole rings is 1. The minimum absolute atomic E-state index is 0.0303. The molecule has 1 N–H and O–H groups in total. The molecule has 3 aromatic heterocycles. The summed E-state index contributed by atoms with van der Waals surface area (Å²) in [6.45, 7) is 2.73. The van der Waals surface area contributed by atoms with Gasteiger partial charge >= 0.3 is 0 Å². The molecule has 1 aliphatic carbocycles. The molecular weight excluding hydrogens is 352 g/mol. The maximum atomic E-state index is 12.8. The molecule has 25 heavy (non-hydrogen) atoms. The second-order valence-electron chi connectivity index (χ2n) is 6.66. The third kappa shape index (κ3) is 3.26. The van der Waals surface area contributed by atoms with Gasteiger partial charge in [0.2, 0.25) is 0 Å². The van der Waals surface area contributed by atoms with Crippen LogP contribution < -0.4 is 0 Å². The van der Waals surface area contributed by atoms with Crippen molar-refractivity contribution in [3.05, 3.63) is 45.5 Å². The molecule has 1 amide bonds. The molecule has 0 saturated carbocycles. The lowest BCUT2D eigenvalue weighted by atomic mass is 9.87. The van der Waals surface area contributed by atoms with Gasteiger partial charge in [-0.2, -0.15) is 5.10 Å². The zero-order valence-corrected chi connectivity index (χ0v) is 15.9. The number of amides is 1. The zero-order valence-electron chi connectivity index (χ0n) is 14.3. The Morgan fingerprint density at radius 1 is 1.44 bits per heavy atom. The maximum Gasteiger partial charge on any atom is 0.274 e. The Balaban J connectivity index is 1.49. The Morgan fingerprint density at radius 2 is 2.32 bits per heavy atom. The Hall–Kier alpha value is -1.99. The summed E-state index contributed by atoms with van der Waals surface area (Å²) in [6.07, 6.45) is 3.07. The van der Waals surface area contributed by atoms with E-state index in [9.17, 15) is 4.79 Å². The van der Waals surface area contributed by atoms with Crippen molar-refractivity contribution in [3.8, 4) is 9.88 Å². The largest absolute Gasteiger partial charge is 0.334 e. The van der Waals surface area contributed by atoms with Gasteiger partial charge in [0.1, 0.15) is 5.01 Å². The summed E-state index contributed by atoms with van der Waals surface area (Å²) < 4.78 is 0. The van der Waals surface area contributed by atoms with Gasteiger partial charge in [-0.3, -0.25) is 9.89 Å². The number of H-pyrrole nitrogens is 1. The van der Waals surface area contributed by atoms with E-state index < -0.39 is 0 Å². The molecule has 0 aliphatic heterocycles. The summed E-state index contributed by atoms with van der Waals surface area (Å²) in [7, 11) is 1.82. The molecule has 0 fully saturated rings. The molecule has 1 unspecified atom stereocenters. The molecule has 7 heteroatoms. The molecular formula is C18H20N4OS2. The fourth-order valence-corrected chi connectivity index (χ4v) is 4.86. The van der Waals surface area contributed by atoms with Gasteiger partial charge in [0.05, 0.1) is 17.1 Å². The molecule has 1 atom stereocenters. The molecule has 0 aromatic carbocycles. The molecule has 1 aliphatic rings. The molecule has 0 radical (unpaired) electrons. The van der Waals surface area contributed by atoms with Gasteiger partial charge < -0.3 is 4.90 Å². The van der Waals surface area contributed by atoms with Gasteiger partial charge in [0.25, 0.3) is 5.91 Å². The highest BCUT2D eigenvalue weighted by molar-refractivity contribution is 7.20. The highest BCUT2D eigenvalue weighted by atomic mass is 32.1. The summed E-state index contributed by atoms with van der Waals surface area (Å²) in [5.74, 6) is 0.575. The van der Waals surface area contributed by atoms with Crippen LogP contribution in [0.15, 0.2) is 22.9 Å². The minimum atomic E-state index is -0.0303. The number of hydrogen-bond acceptors (Lipinski definition) is 5. The minimum Gasteiger partial charge on any atom is -0.334 e. The van der Waals surface area contributed by atoms with Crippen LogP contribution in [-0.2, 0) is 19.4 Å². The average molecular weight is 373 g/mol. The van der Waals surface area contributed by atoms with Crippen molar-refractivity contribution in [2.24, 2.45) is 5.92 Å². The number of carbonyl (C=O) groups is 1. The summed E-state index contributed by atoms with van der Waals surface area (Å²) in [5.41, 5.74) is 3.73. The van der Waals surface area contributed by atoms with Crippen LogP contribution in [0.3, 0.4) is 0 Å². The van der Waals surface area contributed by atoms with Crippen LogP contribution in [0.2, 0.25) is 0 Å². The SMILES string of the molecule is CC1CCc2[nH]nc(C(=O)N(C)Cc3csc(-c4cccs4)n3)c2C1. The molecule has 0 spiro atoms. The molecule has 0 bridgehead atoms. The van der Waals surface area contributed by atoms with E-state index in [1.54, 1.807) is 27.6 Å². The fraction of sp³-hybridized carbons (Fsp3) is 0.389. The number of aromatic amines is 1. The molecule has 5 nitrogen and oxygen atoms in total. The van der Waals surface area contributed by atoms with E-state index >= 15 is 0 Å². The second kappa shape index (κ2) is 6.72. The second-order valence-corrected chi connectivity index (χ2v) is 8.47. The predicted octanol–water partition coefficient (Wildman–Crippen LogP) is 3.99. The van der Waals surface area contributed by atoms with Crippen molar-refractivity contribution in [2.75, 3.05) is 7.05 Å². The smallest absolute Gasteiger partial charge is 0.274 e. The Kier molecular flexibility index (Phi) is 4.43. The van der Waals surface area contributed by atoms with Crippen molar-refractivity contribution in [2.45, 2.75) is 32.7 Å². The highest BCUT2D eigenvalue weighted by Gasteiger charge is 2.26. The maximum absolute atomic E-state index is 12.8. The van der Waals surface area contributed by atoms with Gasteiger partial charge in [0, 0.05) is 23.7 Å². The van der Waals surface area contributed by atoms with E-state index in [4.69, 9.17) is 0 Å². The van der Waals surface area contributed by atoms with Crippen molar-refractivity contribution >= 4 is 28.6 Å². The van der Waals surface area contributed by atoms with Crippen molar-refractivity contribution in [1.29, 1.82) is 0 Å². The summed E-state index contributed by atoms with van der Waals surface area (Å²) in [4.78, 5) is 20.4. The number of hydrogen-bond donors (Lipinski definition) is 1. The van der Waals surface area contributed by atoms with E-state index in [1.165, 1.54) is 4.88 Å². The lowest BCUT2D eigenvalue weighted by Gasteiger charge is -2.20. The molecule has 0 saturated heterocycles. The Morgan fingerprint density at radius 3 is 3.12 bits per heavy atom. The van der Waals surface area contributed by atoms with E-state index in [0.717, 1.165) is 41.2 Å². The topological polar surface area (TPSA) is 61.9 Å². The number of aromatic nitrogens is 3. The molecule has 130 valence electrons. The first-order chi connectivity index (χ1) is 12.1. The van der Waals surface area contributed by atoms with Crippen molar-refractivity contribution in [1.82, 2.24) is 20.1 Å². The van der Waals surface area contributed by atoms with Crippen LogP contribution in [0.4, 0.5) is 0 Å². The van der Waals surface area contributed by atoms with E-state index in [1.807, 2.05) is 23.9 Å². The Labute approximate surface area is 154 Å². The first-order valence-corrected chi connectivity index (χ1v) is 10.2. The third-order valence-corrected chi connectivity index (χ3v) is 6.55. The first-order valence-electron chi connectivity index (χ1n) is 8.41. The van der Waals surface area contributed by atoms with Gasteiger partial charge in [-0.15, -0.1) is 22.7 Å². The number of aryl methyl sites for hydroxylation is 1. The van der Waals surface area contributed by atoms with Crippen LogP contribution >= 0.6 is 22.7 Å². The number of thiophene rings is 1. The van der Waals surface area contributed by atoms with Crippen LogP contribution in [0.5, 0.6) is 0 Å². The van der Waals surface area contributed by atoms with Crippen molar-refractivity contribution in [3.63, 3.8) is 0 Å². The van der Waals surface area contributed by atoms with Gasteiger partial charge in [-0.05, 0) is 36.6 Å². The highest BCUT2D eigenvalue weighted by Crippen LogP contribution is 2.29. The summed E-state index contributed by atoms with van der Waals surface area (Å²) >= 11 is 3.30. The first kappa shape index (κ1) is 16.5. The van der Waals surface area contributed by atoms with Crippen LogP contribution in [0, 0.1) is 5.92 Å². The summed E-state index contributed by atoms with van der Waals surface area (Å²) in [6, 6.07) is 4.09. The van der Waals surface area contributed by atoms with Gasteiger partial charge in [-0.25, -0.2) is 4.98 Å². The third-order valence-electron chi connectivity index (χ3n) is 4.62. The number of nitrogens with one attached hydrogen (secondary N) is 1. The Bertz CT molecular complexity index is 881. The van der Waals surface area contributed by atoms with Crippen LogP contribution in [0.25, 0.3) is 9.88 Å². The standard InChI is InChI=1S/C18H20N4OS2/c1-11-5-6-14-13(8-11)16(21-20-14)18(23)22(2)9-12-10-25-17(19-12)15-4-3-7-24-15/h3-4,7,10-11H,5-6,8-9H2,1-2H3,(H,20,21). The number of nitrogens with zero attached hydrogens (tertiary/aromatic N) is 3. The summed E-state index contributed by atoms with van der Waals surface area (Å²) in [5, 5.41) is 12.5. The molecule has 3 aromatic rings. The average Bonchev–Trinajstić information content (AvgIpc) is 3.33. The number of carbonyl (C=O) groups excluding carboxylic acids is 1. The van der Waals surface area contributed by atoms with E-state index in [0.29, 0.717) is 18.2 Å². The zero-order chi connectivity index (χ0) is 17.4. The number of rotatable bonds is 4. The lowest BCUT2D eigenvalue weighted by Crippen LogP contribution is -2.28. The number of fused-ring (bicyclic) bond motifs is 1. The molecule has 4 rings (SSSR count). The quantitative estimate of drug-likeness (QED) is 0.753. The predicted molar refractivity (Wildman–Crippen MR) is 101 cm³/mol. The van der Waals surface area contributed by atoms with E-state index in [2.05, 4.69) is 28.2 Å². The monoisotopic (exact) mass is 372 g/mol. The van der Waals surface area contributed by atoms with Gasteiger partial charge in [-0.1, -0.05) is 13.0 Å². The normalized spacial score (nSPS) is 16.6. The fourth-order valence-electron chi connectivity index (χ4n) is 3.23. The lowest BCUT2D eigenvalue weighted by molar-refractivity contribution is 0.0776. The molecule has 3 heterocycles. The van der Waals surface area contributed by atoms with Crippen LogP contribution in [-0.4, -0.2) is 33.0 Å².